The third-order valence-electron chi connectivity index (χ3n) is 2.79. The van der Waals surface area contributed by atoms with Crippen molar-refractivity contribution in [1.82, 2.24) is 0 Å². The lowest BCUT2D eigenvalue weighted by Gasteiger charge is -2.12. The Morgan fingerprint density at radius 3 is 2.67 bits per heavy atom. The fraction of sp³-hybridized carbons (Fsp3) is 0.0714. The second-order valence-electron chi connectivity index (χ2n) is 4.30. The molecule has 7 heteroatoms. The zero-order chi connectivity index (χ0) is 15.6. The molecule has 0 fully saturated rings. The van der Waals surface area contributed by atoms with E-state index < -0.39 is 10.0 Å². The minimum atomic E-state index is -3.88. The van der Waals surface area contributed by atoms with Gasteiger partial charge in [-0.1, -0.05) is 23.7 Å². The van der Waals surface area contributed by atoms with E-state index in [2.05, 4.69) is 20.7 Å². The molecule has 2 aromatic carbocycles. The van der Waals surface area contributed by atoms with Crippen LogP contribution in [0.3, 0.4) is 0 Å². The number of hydrogen-bond acceptors (Lipinski definition) is 3. The summed E-state index contributed by atoms with van der Waals surface area (Å²) in [6.07, 6.45) is 0. The van der Waals surface area contributed by atoms with Crippen LogP contribution in [0.15, 0.2) is 45.8 Å². The smallest absolute Gasteiger partial charge is 0.263 e. The Labute approximate surface area is 136 Å². The molecular weight excluding hydrogens is 376 g/mol. The summed E-state index contributed by atoms with van der Waals surface area (Å²) in [6.45, 7) is 1.85. The van der Waals surface area contributed by atoms with Crippen LogP contribution in [-0.2, 0) is 10.0 Å². The lowest BCUT2D eigenvalue weighted by Crippen LogP contribution is -2.14. The van der Waals surface area contributed by atoms with E-state index in [0.29, 0.717) is 10.2 Å². The number of aryl methyl sites for hydroxylation is 1. The average molecular weight is 386 g/mol. The third kappa shape index (κ3) is 3.38. The van der Waals surface area contributed by atoms with Gasteiger partial charge in [0, 0.05) is 4.47 Å². The van der Waals surface area contributed by atoms with Crippen LogP contribution >= 0.6 is 27.5 Å². The summed E-state index contributed by atoms with van der Waals surface area (Å²) >= 11 is 9.27. The van der Waals surface area contributed by atoms with Crippen molar-refractivity contribution in [2.24, 2.45) is 0 Å². The van der Waals surface area contributed by atoms with Gasteiger partial charge in [0.2, 0.25) is 0 Å². The molecule has 0 aliphatic rings. The van der Waals surface area contributed by atoms with Gasteiger partial charge in [-0.15, -0.1) is 0 Å². The van der Waals surface area contributed by atoms with E-state index in [9.17, 15) is 8.42 Å². The minimum absolute atomic E-state index is 0.0604. The zero-order valence-corrected chi connectivity index (χ0v) is 14.1. The van der Waals surface area contributed by atoms with Gasteiger partial charge in [0.15, 0.2) is 0 Å². The Morgan fingerprint density at radius 1 is 1.29 bits per heavy atom. The Balaban J connectivity index is 2.49. The van der Waals surface area contributed by atoms with Crippen molar-refractivity contribution in [1.29, 1.82) is 5.26 Å². The van der Waals surface area contributed by atoms with E-state index in [0.717, 1.165) is 5.56 Å². The largest absolute Gasteiger partial charge is 0.278 e. The molecule has 0 saturated heterocycles. The van der Waals surface area contributed by atoms with Crippen molar-refractivity contribution in [2.75, 3.05) is 4.72 Å². The van der Waals surface area contributed by atoms with E-state index in [1.54, 1.807) is 12.1 Å². The van der Waals surface area contributed by atoms with E-state index in [-0.39, 0.29) is 15.5 Å². The van der Waals surface area contributed by atoms with Crippen LogP contribution in [0.4, 0.5) is 5.69 Å². The van der Waals surface area contributed by atoms with Gasteiger partial charge in [-0.3, -0.25) is 4.72 Å². The molecule has 2 rings (SSSR count). The molecule has 21 heavy (non-hydrogen) atoms. The Morgan fingerprint density at radius 2 is 2.00 bits per heavy atom. The minimum Gasteiger partial charge on any atom is -0.278 e. The van der Waals surface area contributed by atoms with Gasteiger partial charge in [-0.25, -0.2) is 8.42 Å². The lowest BCUT2D eigenvalue weighted by atomic mass is 10.2. The Hall–Kier alpha value is -1.55. The van der Waals surface area contributed by atoms with Gasteiger partial charge in [0.1, 0.15) is 4.90 Å². The van der Waals surface area contributed by atoms with Crippen LogP contribution in [0.2, 0.25) is 5.02 Å². The maximum Gasteiger partial charge on any atom is 0.263 e. The van der Waals surface area contributed by atoms with E-state index in [1.807, 2.05) is 19.1 Å². The summed E-state index contributed by atoms with van der Waals surface area (Å²) in [5.41, 5.74) is 1.53. The molecule has 0 bridgehead atoms. The SMILES string of the molecule is Cc1cccc(NS(=O)(=O)c2cc(C#N)ccc2Cl)c1Br. The predicted octanol–water partition coefficient (Wildman–Crippen LogP) is 4.08. The van der Waals surface area contributed by atoms with Crippen LogP contribution < -0.4 is 4.72 Å². The van der Waals surface area contributed by atoms with Crippen LogP contribution in [0.5, 0.6) is 0 Å². The quantitative estimate of drug-likeness (QED) is 0.865. The highest BCUT2D eigenvalue weighted by molar-refractivity contribution is 9.10. The molecule has 0 amide bonds. The summed E-state index contributed by atoms with van der Waals surface area (Å²) in [6, 6.07) is 11.2. The van der Waals surface area contributed by atoms with Crippen molar-refractivity contribution >= 4 is 43.2 Å². The van der Waals surface area contributed by atoms with Crippen LogP contribution in [0, 0.1) is 18.3 Å². The maximum atomic E-state index is 12.4. The lowest BCUT2D eigenvalue weighted by molar-refractivity contribution is 0.601. The normalized spacial score (nSPS) is 11.0. The van der Waals surface area contributed by atoms with E-state index >= 15 is 0 Å². The molecule has 0 saturated carbocycles. The van der Waals surface area contributed by atoms with Crippen molar-refractivity contribution in [3.8, 4) is 6.07 Å². The van der Waals surface area contributed by atoms with Crippen molar-refractivity contribution in [3.05, 3.63) is 57.0 Å². The van der Waals surface area contributed by atoms with Gasteiger partial charge >= 0.3 is 0 Å². The predicted molar refractivity (Wildman–Crippen MR) is 85.9 cm³/mol. The summed E-state index contributed by atoms with van der Waals surface area (Å²) in [4.78, 5) is -0.128. The second-order valence-corrected chi connectivity index (χ2v) is 7.15. The number of rotatable bonds is 3. The summed E-state index contributed by atoms with van der Waals surface area (Å²) in [5.74, 6) is 0. The summed E-state index contributed by atoms with van der Waals surface area (Å²) < 4.78 is 28.0. The highest BCUT2D eigenvalue weighted by atomic mass is 79.9. The molecule has 4 nitrogen and oxygen atoms in total. The Bertz CT molecular complexity index is 845. The van der Waals surface area contributed by atoms with Crippen molar-refractivity contribution in [2.45, 2.75) is 11.8 Å². The van der Waals surface area contributed by atoms with Gasteiger partial charge < -0.3 is 0 Å². The van der Waals surface area contributed by atoms with E-state index in [1.165, 1.54) is 18.2 Å². The summed E-state index contributed by atoms with van der Waals surface area (Å²) in [5, 5.41) is 8.93. The molecule has 0 spiro atoms. The molecule has 0 radical (unpaired) electrons. The number of nitrogens with one attached hydrogen (secondary N) is 1. The number of benzene rings is 2. The highest BCUT2D eigenvalue weighted by Crippen LogP contribution is 2.30. The van der Waals surface area contributed by atoms with E-state index in [4.69, 9.17) is 16.9 Å². The first kappa shape index (κ1) is 15.8. The number of sulfonamides is 1. The molecule has 0 unspecified atom stereocenters. The standard InChI is InChI=1S/C14H10BrClN2O2S/c1-9-3-2-4-12(14(9)15)18-21(19,20)13-7-10(8-17)5-6-11(13)16/h2-7,18H,1H3. The van der Waals surface area contributed by atoms with Crippen LogP contribution in [0.25, 0.3) is 0 Å². The number of anilines is 1. The summed E-state index contributed by atoms with van der Waals surface area (Å²) in [7, 11) is -3.88. The number of nitriles is 1. The average Bonchev–Trinajstić information content (AvgIpc) is 2.44. The first-order valence-electron chi connectivity index (χ1n) is 5.83. The molecular formula is C14H10BrClN2O2S. The third-order valence-corrected chi connectivity index (χ3v) is 5.69. The Kier molecular flexibility index (Phi) is 4.57. The van der Waals surface area contributed by atoms with Crippen molar-refractivity contribution in [3.63, 3.8) is 0 Å². The fourth-order valence-corrected chi connectivity index (χ4v) is 3.80. The van der Waals surface area contributed by atoms with Crippen molar-refractivity contribution < 1.29 is 8.42 Å². The molecule has 1 N–H and O–H groups in total. The first-order valence-corrected chi connectivity index (χ1v) is 8.48. The van der Waals surface area contributed by atoms with Crippen LogP contribution in [0.1, 0.15) is 11.1 Å². The monoisotopic (exact) mass is 384 g/mol. The fourth-order valence-electron chi connectivity index (χ4n) is 1.70. The topological polar surface area (TPSA) is 70.0 Å². The molecule has 108 valence electrons. The first-order chi connectivity index (χ1) is 9.85. The van der Waals surface area contributed by atoms with Gasteiger partial charge in [0.25, 0.3) is 10.0 Å². The molecule has 0 aliphatic heterocycles. The second kappa shape index (κ2) is 6.06. The molecule has 0 aromatic heterocycles. The number of halogens is 2. The van der Waals surface area contributed by atoms with Gasteiger partial charge in [0.05, 0.1) is 22.3 Å². The molecule has 0 aliphatic carbocycles. The maximum absolute atomic E-state index is 12.4. The molecule has 2 aromatic rings. The highest BCUT2D eigenvalue weighted by Gasteiger charge is 2.20. The van der Waals surface area contributed by atoms with Crippen LogP contribution in [-0.4, -0.2) is 8.42 Å². The number of nitrogens with zero attached hydrogens (tertiary/aromatic N) is 1. The molecule has 0 heterocycles. The van der Waals surface area contributed by atoms with Gasteiger partial charge in [-0.05, 0) is 52.7 Å². The molecule has 0 atom stereocenters. The van der Waals surface area contributed by atoms with Gasteiger partial charge in [-0.2, -0.15) is 5.26 Å². The number of hydrogen-bond donors (Lipinski definition) is 1. The zero-order valence-electron chi connectivity index (χ0n) is 10.9.